The highest BCUT2D eigenvalue weighted by atomic mass is 32.2. The van der Waals surface area contributed by atoms with Gasteiger partial charge in [0.25, 0.3) is 0 Å². The summed E-state index contributed by atoms with van der Waals surface area (Å²) < 4.78 is 35.4. The van der Waals surface area contributed by atoms with Gasteiger partial charge in [-0.15, -0.1) is 0 Å². The molecule has 0 aliphatic carbocycles. The molecule has 4 N–H and O–H groups in total. The van der Waals surface area contributed by atoms with Gasteiger partial charge in [-0.3, -0.25) is 4.79 Å². The summed E-state index contributed by atoms with van der Waals surface area (Å²) in [4.78, 5) is 12.0. The van der Waals surface area contributed by atoms with Crippen molar-refractivity contribution in [3.8, 4) is 0 Å². The Morgan fingerprint density at radius 2 is 1.78 bits per heavy atom. The van der Waals surface area contributed by atoms with Gasteiger partial charge in [0.15, 0.2) is 0 Å². The quantitative estimate of drug-likeness (QED) is 0.776. The van der Waals surface area contributed by atoms with Crippen LogP contribution in [0.5, 0.6) is 0 Å². The van der Waals surface area contributed by atoms with E-state index in [2.05, 4.69) is 10.6 Å². The van der Waals surface area contributed by atoms with Gasteiger partial charge in [-0.1, -0.05) is 6.07 Å². The van der Waals surface area contributed by atoms with E-state index in [0.717, 1.165) is 0 Å². The smallest absolute Gasteiger partial charge is 0.246 e. The number of rotatable bonds is 5. The summed E-state index contributed by atoms with van der Waals surface area (Å²) in [6.07, 6.45) is 0. The van der Waals surface area contributed by atoms with E-state index in [0.29, 0.717) is 11.4 Å². The van der Waals surface area contributed by atoms with E-state index in [1.54, 1.807) is 13.0 Å². The zero-order valence-corrected chi connectivity index (χ0v) is 13.1. The molecule has 0 unspecified atom stereocenters. The Bertz CT molecular complexity index is 807. The van der Waals surface area contributed by atoms with Crippen LogP contribution in [0.2, 0.25) is 0 Å². The normalized spacial score (nSPS) is 12.5. The Labute approximate surface area is 133 Å². The Hall–Kier alpha value is -2.45. The Morgan fingerprint density at radius 3 is 2.35 bits per heavy atom. The molecule has 1 amide bonds. The van der Waals surface area contributed by atoms with Gasteiger partial charge < -0.3 is 10.6 Å². The number of anilines is 2. The van der Waals surface area contributed by atoms with Crippen LogP contribution in [-0.2, 0) is 14.8 Å². The number of halogens is 1. The lowest BCUT2D eigenvalue weighted by molar-refractivity contribution is -0.116. The third kappa shape index (κ3) is 4.76. The highest BCUT2D eigenvalue weighted by Gasteiger charge is 2.14. The molecule has 0 bridgehead atoms. The molecule has 2 aromatic rings. The molecular formula is C15H16FN3O3S. The molecule has 8 heteroatoms. The number of hydrogen-bond acceptors (Lipinski definition) is 4. The third-order valence-corrected chi connectivity index (χ3v) is 3.98. The highest BCUT2D eigenvalue weighted by molar-refractivity contribution is 7.89. The zero-order chi connectivity index (χ0) is 17.0. The summed E-state index contributed by atoms with van der Waals surface area (Å²) in [5.74, 6) is -0.751. The molecular weight excluding hydrogens is 321 g/mol. The topological polar surface area (TPSA) is 101 Å². The number of nitrogens with two attached hydrogens (primary N) is 1. The van der Waals surface area contributed by atoms with Crippen LogP contribution < -0.4 is 15.8 Å². The van der Waals surface area contributed by atoms with Crippen LogP contribution in [0.4, 0.5) is 15.8 Å². The van der Waals surface area contributed by atoms with Gasteiger partial charge in [-0.25, -0.2) is 17.9 Å². The van der Waals surface area contributed by atoms with Crippen LogP contribution >= 0.6 is 0 Å². The van der Waals surface area contributed by atoms with Gasteiger partial charge in [0, 0.05) is 11.4 Å². The monoisotopic (exact) mass is 337 g/mol. The number of carbonyl (C=O) groups is 1. The summed E-state index contributed by atoms with van der Waals surface area (Å²) in [5.41, 5.74) is 0.910. The number of nitrogens with one attached hydrogen (secondary N) is 2. The number of sulfonamides is 1. The molecule has 2 aromatic carbocycles. The van der Waals surface area contributed by atoms with Gasteiger partial charge in [-0.05, 0) is 49.4 Å². The van der Waals surface area contributed by atoms with E-state index in [4.69, 9.17) is 5.14 Å². The summed E-state index contributed by atoms with van der Waals surface area (Å²) in [7, 11) is -3.77. The number of benzene rings is 2. The van der Waals surface area contributed by atoms with Crippen molar-refractivity contribution in [2.45, 2.75) is 17.9 Å². The molecule has 0 spiro atoms. The molecule has 6 nitrogen and oxygen atoms in total. The molecule has 1 atom stereocenters. The average Bonchev–Trinajstić information content (AvgIpc) is 2.46. The molecule has 0 fully saturated rings. The SMILES string of the molecule is C[C@@H](Nc1cccc(F)c1)C(=O)Nc1ccc(S(N)(=O)=O)cc1. The maximum absolute atomic E-state index is 13.1. The molecule has 23 heavy (non-hydrogen) atoms. The third-order valence-electron chi connectivity index (χ3n) is 3.05. The fourth-order valence-corrected chi connectivity index (χ4v) is 2.39. The lowest BCUT2D eigenvalue weighted by atomic mass is 10.2. The molecule has 0 aromatic heterocycles. The summed E-state index contributed by atoms with van der Waals surface area (Å²) in [5, 5.41) is 10.5. The fraction of sp³-hybridized carbons (Fsp3) is 0.133. The molecule has 0 saturated heterocycles. The van der Waals surface area contributed by atoms with E-state index < -0.39 is 21.9 Å². The average molecular weight is 337 g/mol. The van der Waals surface area contributed by atoms with Gasteiger partial charge in [0.2, 0.25) is 15.9 Å². The Balaban J connectivity index is 2.01. The number of hydrogen-bond donors (Lipinski definition) is 3. The number of amides is 1. The van der Waals surface area contributed by atoms with Crippen LogP contribution in [0.25, 0.3) is 0 Å². The Kier molecular flexibility index (Phi) is 4.97. The molecule has 0 radical (unpaired) electrons. The first kappa shape index (κ1) is 16.9. The van der Waals surface area contributed by atoms with Crippen molar-refractivity contribution < 1.29 is 17.6 Å². The second-order valence-electron chi connectivity index (χ2n) is 4.94. The predicted octanol–water partition coefficient (Wildman–Crippen LogP) is 1.91. The Morgan fingerprint density at radius 1 is 1.13 bits per heavy atom. The van der Waals surface area contributed by atoms with E-state index in [9.17, 15) is 17.6 Å². The first-order valence-corrected chi connectivity index (χ1v) is 8.26. The van der Waals surface area contributed by atoms with Crippen molar-refractivity contribution >= 4 is 27.3 Å². The predicted molar refractivity (Wildman–Crippen MR) is 85.9 cm³/mol. The molecule has 0 saturated carbocycles. The van der Waals surface area contributed by atoms with E-state index in [1.165, 1.54) is 42.5 Å². The largest absolute Gasteiger partial charge is 0.374 e. The highest BCUT2D eigenvalue weighted by Crippen LogP contribution is 2.14. The van der Waals surface area contributed by atoms with Gasteiger partial charge in [0.1, 0.15) is 11.9 Å². The lowest BCUT2D eigenvalue weighted by Crippen LogP contribution is -2.31. The molecule has 0 heterocycles. The number of carbonyl (C=O) groups excluding carboxylic acids is 1. The maximum atomic E-state index is 13.1. The van der Waals surface area contributed by atoms with Gasteiger partial charge in [-0.2, -0.15) is 0 Å². The zero-order valence-electron chi connectivity index (χ0n) is 12.3. The van der Waals surface area contributed by atoms with E-state index in [1.807, 2.05) is 0 Å². The maximum Gasteiger partial charge on any atom is 0.246 e. The molecule has 0 aliphatic heterocycles. The van der Waals surface area contributed by atoms with Crippen LogP contribution in [0.15, 0.2) is 53.4 Å². The van der Waals surface area contributed by atoms with Crippen molar-refractivity contribution in [3.05, 3.63) is 54.3 Å². The number of primary sulfonamides is 1. The van der Waals surface area contributed by atoms with Gasteiger partial charge >= 0.3 is 0 Å². The van der Waals surface area contributed by atoms with Crippen molar-refractivity contribution in [2.24, 2.45) is 5.14 Å². The van der Waals surface area contributed by atoms with Crippen molar-refractivity contribution in [1.82, 2.24) is 0 Å². The molecule has 122 valence electrons. The van der Waals surface area contributed by atoms with Crippen LogP contribution in [-0.4, -0.2) is 20.4 Å². The van der Waals surface area contributed by atoms with Gasteiger partial charge in [0.05, 0.1) is 4.90 Å². The standard InChI is InChI=1S/C15H16FN3O3S/c1-10(18-13-4-2-3-11(16)9-13)15(20)19-12-5-7-14(8-6-12)23(17,21)22/h2-10,18H,1H3,(H,19,20)(H2,17,21,22)/t10-/m1/s1. The molecule has 0 aliphatic rings. The lowest BCUT2D eigenvalue weighted by Gasteiger charge is -2.15. The minimum absolute atomic E-state index is 0.0403. The first-order chi connectivity index (χ1) is 10.8. The minimum atomic E-state index is -3.77. The van der Waals surface area contributed by atoms with Crippen LogP contribution in [0.3, 0.4) is 0 Å². The summed E-state index contributed by atoms with van der Waals surface area (Å²) >= 11 is 0. The van der Waals surface area contributed by atoms with E-state index >= 15 is 0 Å². The molecule has 2 rings (SSSR count). The van der Waals surface area contributed by atoms with Crippen molar-refractivity contribution in [1.29, 1.82) is 0 Å². The summed E-state index contributed by atoms with van der Waals surface area (Å²) in [6.45, 7) is 1.62. The van der Waals surface area contributed by atoms with Crippen LogP contribution in [0.1, 0.15) is 6.92 Å². The minimum Gasteiger partial charge on any atom is -0.374 e. The van der Waals surface area contributed by atoms with E-state index in [-0.39, 0.29) is 10.8 Å². The summed E-state index contributed by atoms with van der Waals surface area (Å²) in [6, 6.07) is 10.6. The van der Waals surface area contributed by atoms with Crippen molar-refractivity contribution in [2.75, 3.05) is 10.6 Å². The van der Waals surface area contributed by atoms with Crippen LogP contribution in [0, 0.1) is 5.82 Å². The second-order valence-corrected chi connectivity index (χ2v) is 6.50. The fourth-order valence-electron chi connectivity index (χ4n) is 1.87. The first-order valence-electron chi connectivity index (χ1n) is 6.71. The second kappa shape index (κ2) is 6.76. The van der Waals surface area contributed by atoms with Crippen molar-refractivity contribution in [3.63, 3.8) is 0 Å².